The van der Waals surface area contributed by atoms with E-state index in [1.54, 1.807) is 18.2 Å². The van der Waals surface area contributed by atoms with Crippen LogP contribution in [0.25, 0.3) is 0 Å². The van der Waals surface area contributed by atoms with Gasteiger partial charge < -0.3 is 10.2 Å². The maximum atomic E-state index is 14.0. The van der Waals surface area contributed by atoms with E-state index in [9.17, 15) is 14.5 Å². The summed E-state index contributed by atoms with van der Waals surface area (Å²) in [5.74, 6) is -0.354. The van der Waals surface area contributed by atoms with Crippen molar-refractivity contribution in [1.82, 2.24) is 9.88 Å². The van der Waals surface area contributed by atoms with Crippen LogP contribution in [0.4, 0.5) is 15.9 Å². The molecule has 0 bridgehead atoms. The number of nitriles is 1. The molecule has 0 aliphatic rings. The van der Waals surface area contributed by atoms with Crippen molar-refractivity contribution in [3.8, 4) is 6.07 Å². The summed E-state index contributed by atoms with van der Waals surface area (Å²) in [6.45, 7) is 0.638. The van der Waals surface area contributed by atoms with Gasteiger partial charge in [-0.15, -0.1) is 0 Å². The van der Waals surface area contributed by atoms with Crippen LogP contribution in [0.2, 0.25) is 0 Å². The fourth-order valence-electron chi connectivity index (χ4n) is 2.21. The van der Waals surface area contributed by atoms with Crippen LogP contribution in [0.3, 0.4) is 0 Å². The molecule has 1 aromatic carbocycles. The first-order valence-electron chi connectivity index (χ1n) is 7.11. The molecule has 0 saturated carbocycles. The maximum absolute atomic E-state index is 14.0. The summed E-state index contributed by atoms with van der Waals surface area (Å²) in [7, 11) is 3.70. The molecule has 0 amide bonds. The van der Waals surface area contributed by atoms with Crippen molar-refractivity contribution in [2.45, 2.75) is 13.1 Å². The zero-order valence-electron chi connectivity index (χ0n) is 13.3. The van der Waals surface area contributed by atoms with Gasteiger partial charge in [0.05, 0.1) is 4.92 Å². The highest BCUT2D eigenvalue weighted by molar-refractivity contribution is 5.64. The second-order valence-corrected chi connectivity index (χ2v) is 5.44. The van der Waals surface area contributed by atoms with Gasteiger partial charge in [0.25, 0.3) is 0 Å². The molecule has 0 fully saturated rings. The van der Waals surface area contributed by atoms with Crippen LogP contribution in [0.15, 0.2) is 30.5 Å². The van der Waals surface area contributed by atoms with E-state index < -0.39 is 4.92 Å². The van der Waals surface area contributed by atoms with Gasteiger partial charge >= 0.3 is 5.69 Å². The van der Waals surface area contributed by atoms with Gasteiger partial charge in [-0.2, -0.15) is 5.26 Å². The highest BCUT2D eigenvalue weighted by Gasteiger charge is 2.20. The Bertz CT molecular complexity index is 802. The third kappa shape index (κ3) is 4.02. The van der Waals surface area contributed by atoms with Gasteiger partial charge in [-0.3, -0.25) is 10.1 Å². The number of rotatable bonds is 6. The number of anilines is 1. The summed E-state index contributed by atoms with van der Waals surface area (Å²) in [5, 5.41) is 22.9. The van der Waals surface area contributed by atoms with Crippen molar-refractivity contribution >= 4 is 11.5 Å². The molecule has 0 unspecified atom stereocenters. The van der Waals surface area contributed by atoms with E-state index in [2.05, 4.69) is 10.3 Å². The van der Waals surface area contributed by atoms with Crippen LogP contribution in [-0.2, 0) is 13.1 Å². The Hall–Kier alpha value is -3.05. The Balaban J connectivity index is 2.19. The minimum atomic E-state index is -0.658. The van der Waals surface area contributed by atoms with Crippen molar-refractivity contribution in [2.24, 2.45) is 0 Å². The van der Waals surface area contributed by atoms with Crippen LogP contribution in [0, 0.1) is 27.3 Å². The van der Waals surface area contributed by atoms with E-state index in [1.807, 2.05) is 19.0 Å². The molecule has 0 spiro atoms. The highest BCUT2D eigenvalue weighted by Crippen LogP contribution is 2.26. The minimum absolute atomic E-state index is 0.0168. The lowest BCUT2D eigenvalue weighted by Crippen LogP contribution is -2.12. The van der Waals surface area contributed by atoms with E-state index in [4.69, 9.17) is 5.26 Å². The average molecular weight is 329 g/mol. The van der Waals surface area contributed by atoms with E-state index in [0.717, 1.165) is 0 Å². The predicted molar refractivity (Wildman–Crippen MR) is 86.7 cm³/mol. The van der Waals surface area contributed by atoms with E-state index in [1.165, 1.54) is 18.3 Å². The summed E-state index contributed by atoms with van der Waals surface area (Å²) >= 11 is 0. The smallest absolute Gasteiger partial charge is 0.328 e. The molecular formula is C16H16FN5O2. The van der Waals surface area contributed by atoms with Gasteiger partial charge in [0.15, 0.2) is 0 Å². The standard InChI is InChI=1S/C16H16FN5O2/c1-21(2)10-13-4-3-11(7-14(13)17)9-20-16-15(22(23)24)12(8-18)5-6-19-16/h3-7H,9-10H2,1-2H3,(H,19,20). The monoisotopic (exact) mass is 329 g/mol. The number of nitro groups is 1. The van der Waals surface area contributed by atoms with Crippen LogP contribution >= 0.6 is 0 Å². The number of nitrogens with zero attached hydrogens (tertiary/aromatic N) is 4. The molecule has 1 aromatic heterocycles. The fourth-order valence-corrected chi connectivity index (χ4v) is 2.21. The van der Waals surface area contributed by atoms with Crippen LogP contribution in [-0.4, -0.2) is 28.9 Å². The molecule has 0 saturated heterocycles. The maximum Gasteiger partial charge on any atom is 0.328 e. The Labute approximate surface area is 138 Å². The SMILES string of the molecule is CN(C)Cc1ccc(CNc2nccc(C#N)c2[N+](=O)[O-])cc1F. The van der Waals surface area contributed by atoms with Crippen molar-refractivity contribution in [1.29, 1.82) is 5.26 Å². The molecule has 7 nitrogen and oxygen atoms in total. The fraction of sp³-hybridized carbons (Fsp3) is 0.250. The van der Waals surface area contributed by atoms with Crippen molar-refractivity contribution < 1.29 is 9.31 Å². The quantitative estimate of drug-likeness (QED) is 0.646. The molecule has 1 heterocycles. The summed E-state index contributed by atoms with van der Waals surface area (Å²) in [4.78, 5) is 16.2. The normalized spacial score (nSPS) is 10.5. The molecule has 0 radical (unpaired) electrons. The summed E-state index contributed by atoms with van der Waals surface area (Å²) in [5.41, 5.74) is 0.725. The van der Waals surface area contributed by atoms with Gasteiger partial charge in [0, 0.05) is 24.8 Å². The Morgan fingerprint density at radius 2 is 2.17 bits per heavy atom. The first-order valence-corrected chi connectivity index (χ1v) is 7.11. The lowest BCUT2D eigenvalue weighted by molar-refractivity contribution is -0.384. The van der Waals surface area contributed by atoms with Crippen molar-refractivity contribution in [2.75, 3.05) is 19.4 Å². The molecule has 0 aliphatic carbocycles. The van der Waals surface area contributed by atoms with E-state index in [0.29, 0.717) is 17.7 Å². The first-order chi connectivity index (χ1) is 11.4. The third-order valence-corrected chi connectivity index (χ3v) is 3.29. The number of pyridine rings is 1. The number of benzene rings is 1. The molecule has 0 atom stereocenters. The van der Waals surface area contributed by atoms with Gasteiger partial charge in [-0.25, -0.2) is 9.37 Å². The molecule has 1 N–H and O–H groups in total. The number of halogens is 1. The molecular weight excluding hydrogens is 313 g/mol. The lowest BCUT2D eigenvalue weighted by atomic mass is 10.1. The highest BCUT2D eigenvalue weighted by atomic mass is 19.1. The summed E-state index contributed by atoms with van der Waals surface area (Å²) in [6, 6.07) is 7.85. The number of hydrogen-bond donors (Lipinski definition) is 1. The van der Waals surface area contributed by atoms with Gasteiger partial charge in [0.1, 0.15) is 17.4 Å². The van der Waals surface area contributed by atoms with Crippen LogP contribution in [0.1, 0.15) is 16.7 Å². The van der Waals surface area contributed by atoms with E-state index >= 15 is 0 Å². The Morgan fingerprint density at radius 3 is 2.75 bits per heavy atom. The minimum Gasteiger partial charge on any atom is -0.360 e. The van der Waals surface area contributed by atoms with Crippen molar-refractivity contribution in [3.63, 3.8) is 0 Å². The van der Waals surface area contributed by atoms with Gasteiger partial charge in [-0.05, 0) is 31.8 Å². The predicted octanol–water partition coefficient (Wildman–Crippen LogP) is 2.67. The number of nitrogens with one attached hydrogen (secondary N) is 1. The Morgan fingerprint density at radius 1 is 1.42 bits per heavy atom. The summed E-state index contributed by atoms with van der Waals surface area (Å²) in [6.07, 6.45) is 1.31. The average Bonchev–Trinajstić information content (AvgIpc) is 2.54. The summed E-state index contributed by atoms with van der Waals surface area (Å²) < 4.78 is 14.0. The van der Waals surface area contributed by atoms with Gasteiger partial charge in [0.2, 0.25) is 5.82 Å². The zero-order chi connectivity index (χ0) is 17.7. The topological polar surface area (TPSA) is 95.1 Å². The molecule has 124 valence electrons. The van der Waals surface area contributed by atoms with Crippen LogP contribution in [0.5, 0.6) is 0 Å². The molecule has 0 aliphatic heterocycles. The largest absolute Gasteiger partial charge is 0.360 e. The molecule has 2 aromatic rings. The van der Waals surface area contributed by atoms with Gasteiger partial charge in [-0.1, -0.05) is 12.1 Å². The van der Waals surface area contributed by atoms with Crippen LogP contribution < -0.4 is 5.32 Å². The number of aromatic nitrogens is 1. The van der Waals surface area contributed by atoms with E-state index in [-0.39, 0.29) is 29.4 Å². The second kappa shape index (κ2) is 7.48. The first kappa shape index (κ1) is 17.3. The second-order valence-electron chi connectivity index (χ2n) is 5.44. The third-order valence-electron chi connectivity index (χ3n) is 3.29. The lowest BCUT2D eigenvalue weighted by Gasteiger charge is -2.12. The van der Waals surface area contributed by atoms with Crippen molar-refractivity contribution in [3.05, 3.63) is 63.1 Å². The zero-order valence-corrected chi connectivity index (χ0v) is 13.3. The molecule has 8 heteroatoms. The molecule has 24 heavy (non-hydrogen) atoms. The Kier molecular flexibility index (Phi) is 5.39. The number of hydrogen-bond acceptors (Lipinski definition) is 6. The molecule has 2 rings (SSSR count).